The highest BCUT2D eigenvalue weighted by atomic mass is 35.5. The molecule has 1 aliphatic heterocycles. The summed E-state index contributed by atoms with van der Waals surface area (Å²) in [5, 5.41) is 9.89. The summed E-state index contributed by atoms with van der Waals surface area (Å²) in [7, 11) is 0. The number of aryl methyl sites for hydroxylation is 2. The summed E-state index contributed by atoms with van der Waals surface area (Å²) in [6.07, 6.45) is 2.12. The van der Waals surface area contributed by atoms with Gasteiger partial charge in [-0.1, -0.05) is 29.4 Å². The van der Waals surface area contributed by atoms with Crippen molar-refractivity contribution in [2.75, 3.05) is 0 Å². The van der Waals surface area contributed by atoms with Gasteiger partial charge >= 0.3 is 0 Å². The van der Waals surface area contributed by atoms with Gasteiger partial charge in [0.15, 0.2) is 5.17 Å². The predicted octanol–water partition coefficient (Wildman–Crippen LogP) is 2.73. The fourth-order valence-corrected chi connectivity index (χ4v) is 3.35. The van der Waals surface area contributed by atoms with Gasteiger partial charge in [-0.25, -0.2) is 0 Å². The molecule has 1 aromatic rings. The zero-order chi connectivity index (χ0) is 12.0. The van der Waals surface area contributed by atoms with E-state index in [2.05, 4.69) is 16.3 Å². The van der Waals surface area contributed by atoms with Gasteiger partial charge in [-0.2, -0.15) is 5.10 Å². The highest BCUT2D eigenvalue weighted by molar-refractivity contribution is 8.15. The normalized spacial score (nSPS) is 22.4. The number of thioether (sulfide) groups is 1. The van der Waals surface area contributed by atoms with Crippen LogP contribution < -0.4 is 5.73 Å². The summed E-state index contributed by atoms with van der Waals surface area (Å²) < 4.78 is 0. The Bertz CT molecular complexity index is 551. The molecule has 0 amide bonds. The van der Waals surface area contributed by atoms with E-state index in [1.165, 1.54) is 5.56 Å². The topological polar surface area (TPSA) is 50.7 Å². The fourth-order valence-electron chi connectivity index (χ4n) is 2.29. The molecule has 1 unspecified atom stereocenters. The number of hydrogen-bond donors (Lipinski definition) is 1. The molecule has 0 fully saturated rings. The number of amidine groups is 1. The molecule has 0 saturated heterocycles. The average Bonchev–Trinajstić information content (AvgIpc) is 2.30. The molecule has 17 heavy (non-hydrogen) atoms. The van der Waals surface area contributed by atoms with Gasteiger partial charge in [0, 0.05) is 10.6 Å². The number of rotatable bonds is 0. The number of hydrogen-bond acceptors (Lipinski definition) is 4. The highest BCUT2D eigenvalue weighted by Gasteiger charge is 2.29. The molecule has 0 radical (unpaired) electrons. The molecule has 1 aliphatic carbocycles. The summed E-state index contributed by atoms with van der Waals surface area (Å²) in [6, 6.07) is 4.16. The zero-order valence-electron chi connectivity index (χ0n) is 9.40. The Hall–Kier alpha value is -1.000. The lowest BCUT2D eigenvalue weighted by Gasteiger charge is -2.27. The second-order valence-corrected chi connectivity index (χ2v) is 5.96. The summed E-state index contributed by atoms with van der Waals surface area (Å²) in [4.78, 5) is 0. The van der Waals surface area contributed by atoms with Gasteiger partial charge in [0.05, 0.1) is 11.0 Å². The third-order valence-electron chi connectivity index (χ3n) is 3.16. The Labute approximate surface area is 109 Å². The van der Waals surface area contributed by atoms with Crippen molar-refractivity contribution in [3.63, 3.8) is 0 Å². The third kappa shape index (κ3) is 1.85. The van der Waals surface area contributed by atoms with Gasteiger partial charge in [0.2, 0.25) is 0 Å². The van der Waals surface area contributed by atoms with Crippen LogP contribution in [0.25, 0.3) is 0 Å². The second kappa shape index (κ2) is 4.03. The molecule has 3 rings (SSSR count). The minimum atomic E-state index is 0.332. The van der Waals surface area contributed by atoms with Crippen LogP contribution in [0.3, 0.4) is 0 Å². The van der Waals surface area contributed by atoms with E-state index in [9.17, 15) is 0 Å². The predicted molar refractivity (Wildman–Crippen MR) is 74.0 cm³/mol. The zero-order valence-corrected chi connectivity index (χ0v) is 11.0. The van der Waals surface area contributed by atoms with Crippen molar-refractivity contribution in [1.29, 1.82) is 0 Å². The first-order chi connectivity index (χ1) is 8.15. The Kier molecular flexibility index (Phi) is 2.64. The van der Waals surface area contributed by atoms with E-state index in [-0.39, 0.29) is 0 Å². The lowest BCUT2D eigenvalue weighted by molar-refractivity contribution is 0.845. The first-order valence-electron chi connectivity index (χ1n) is 5.52. The molecule has 5 heteroatoms. The number of fused-ring (bicyclic) bond motifs is 3. The van der Waals surface area contributed by atoms with Crippen LogP contribution in [0.4, 0.5) is 0 Å². The van der Waals surface area contributed by atoms with E-state index in [1.807, 2.05) is 13.0 Å². The smallest absolute Gasteiger partial charge is 0.181 e. The van der Waals surface area contributed by atoms with E-state index in [4.69, 9.17) is 17.3 Å². The van der Waals surface area contributed by atoms with E-state index in [0.29, 0.717) is 10.4 Å². The van der Waals surface area contributed by atoms with Crippen molar-refractivity contribution < 1.29 is 0 Å². The van der Waals surface area contributed by atoms with E-state index in [0.717, 1.165) is 34.7 Å². The fraction of sp³-hybridized carbons (Fsp3) is 0.333. The number of halogens is 1. The molecule has 0 aromatic heterocycles. The van der Waals surface area contributed by atoms with Crippen LogP contribution in [0.15, 0.2) is 22.3 Å². The molecule has 0 bridgehead atoms. The van der Waals surface area contributed by atoms with Crippen LogP contribution in [-0.2, 0) is 6.42 Å². The molecule has 0 saturated carbocycles. The molecule has 2 aliphatic rings. The number of nitrogens with zero attached hydrogens (tertiary/aromatic N) is 2. The maximum absolute atomic E-state index is 6.18. The van der Waals surface area contributed by atoms with Crippen LogP contribution in [0.5, 0.6) is 0 Å². The largest absolute Gasteiger partial charge is 0.377 e. The van der Waals surface area contributed by atoms with Crippen molar-refractivity contribution in [2.24, 2.45) is 15.9 Å². The number of benzene rings is 1. The first-order valence-corrected chi connectivity index (χ1v) is 6.78. The molecule has 1 heterocycles. The maximum atomic E-state index is 6.18. The van der Waals surface area contributed by atoms with Crippen molar-refractivity contribution in [3.8, 4) is 0 Å². The Morgan fingerprint density at radius 2 is 2.24 bits per heavy atom. The first kappa shape index (κ1) is 11.1. The molecule has 1 aromatic carbocycles. The summed E-state index contributed by atoms with van der Waals surface area (Å²) in [5.41, 5.74) is 10.3. The van der Waals surface area contributed by atoms with Crippen molar-refractivity contribution in [2.45, 2.75) is 25.0 Å². The van der Waals surface area contributed by atoms with Gasteiger partial charge in [0.25, 0.3) is 0 Å². The Balaban J connectivity index is 2.15. The molecule has 1 atom stereocenters. The SMILES string of the molecule is Cc1cc2c(cc1Cl)C1=NN=C(N)SC1CC2. The molecule has 2 N–H and O–H groups in total. The molecular formula is C12H12ClN3S. The minimum Gasteiger partial charge on any atom is -0.377 e. The third-order valence-corrected chi connectivity index (χ3v) is 4.63. The molecule has 0 spiro atoms. The average molecular weight is 266 g/mol. The standard InChI is InChI=1S/C12H12ClN3S/c1-6-4-7-2-3-10-11(8(7)5-9(6)13)15-16-12(14)17-10/h4-5,10H,2-3H2,1H3,(H2,14,16). The van der Waals surface area contributed by atoms with E-state index < -0.39 is 0 Å². The molecule has 88 valence electrons. The highest BCUT2D eigenvalue weighted by Crippen LogP contribution is 2.34. The number of nitrogens with two attached hydrogens (primary N) is 1. The lowest BCUT2D eigenvalue weighted by atomic mass is 9.88. The van der Waals surface area contributed by atoms with Crippen molar-refractivity contribution in [1.82, 2.24) is 0 Å². The van der Waals surface area contributed by atoms with Gasteiger partial charge in [-0.3, -0.25) is 0 Å². The second-order valence-electron chi connectivity index (χ2n) is 4.33. The van der Waals surface area contributed by atoms with Gasteiger partial charge in [-0.05, 0) is 37.0 Å². The van der Waals surface area contributed by atoms with Crippen molar-refractivity contribution >= 4 is 34.2 Å². The van der Waals surface area contributed by atoms with Crippen LogP contribution in [0.2, 0.25) is 5.02 Å². The molecular weight excluding hydrogens is 254 g/mol. The summed E-state index contributed by atoms with van der Waals surface area (Å²) in [5.74, 6) is 0. The van der Waals surface area contributed by atoms with Crippen molar-refractivity contribution in [3.05, 3.63) is 33.8 Å². The molecule has 3 nitrogen and oxygen atoms in total. The van der Waals surface area contributed by atoms with Gasteiger partial charge in [-0.15, -0.1) is 5.10 Å². The van der Waals surface area contributed by atoms with Crippen LogP contribution in [-0.4, -0.2) is 16.1 Å². The summed E-state index contributed by atoms with van der Waals surface area (Å²) in [6.45, 7) is 2.03. The van der Waals surface area contributed by atoms with E-state index >= 15 is 0 Å². The summed E-state index contributed by atoms with van der Waals surface area (Å²) >= 11 is 7.78. The minimum absolute atomic E-state index is 0.332. The maximum Gasteiger partial charge on any atom is 0.181 e. The van der Waals surface area contributed by atoms with Crippen LogP contribution in [0.1, 0.15) is 23.1 Å². The van der Waals surface area contributed by atoms with Gasteiger partial charge < -0.3 is 5.73 Å². The van der Waals surface area contributed by atoms with Crippen LogP contribution >= 0.6 is 23.4 Å². The Morgan fingerprint density at radius 3 is 3.06 bits per heavy atom. The van der Waals surface area contributed by atoms with Gasteiger partial charge in [0.1, 0.15) is 0 Å². The Morgan fingerprint density at radius 1 is 1.41 bits per heavy atom. The van der Waals surface area contributed by atoms with Crippen LogP contribution in [0, 0.1) is 6.92 Å². The van der Waals surface area contributed by atoms with E-state index in [1.54, 1.807) is 11.8 Å². The lowest BCUT2D eigenvalue weighted by Crippen LogP contribution is -2.31. The quantitative estimate of drug-likeness (QED) is 0.784. The monoisotopic (exact) mass is 265 g/mol.